The third-order valence-corrected chi connectivity index (χ3v) is 3.74. The molecule has 7 nitrogen and oxygen atoms in total. The zero-order chi connectivity index (χ0) is 15.1. The molecule has 0 radical (unpaired) electrons. The van der Waals surface area contributed by atoms with Gasteiger partial charge in [-0.05, 0) is 13.1 Å². The number of hydrogen-bond donors (Lipinski definition) is 1. The van der Waals surface area contributed by atoms with E-state index in [1.54, 1.807) is 0 Å². The fourth-order valence-corrected chi connectivity index (χ4v) is 2.72. The van der Waals surface area contributed by atoms with Crippen LogP contribution in [-0.2, 0) is 13.0 Å². The Morgan fingerprint density at radius 3 is 2.90 bits per heavy atom. The topological polar surface area (TPSA) is 96.6 Å². The summed E-state index contributed by atoms with van der Waals surface area (Å²) in [4.78, 5) is 28.5. The number of rotatable bonds is 2. The van der Waals surface area contributed by atoms with Crippen molar-refractivity contribution in [1.29, 1.82) is 0 Å². The molecule has 0 bridgehead atoms. The largest absolute Gasteiger partial charge is 0.478 e. The van der Waals surface area contributed by atoms with E-state index in [-0.39, 0.29) is 11.3 Å². The molecule has 0 aliphatic carbocycles. The number of likely N-dealkylation sites (N-methyl/N-ethyl adjacent to an activating group) is 1. The Kier molecular flexibility index (Phi) is 3.06. The van der Waals surface area contributed by atoms with Gasteiger partial charge in [0.2, 0.25) is 0 Å². The second kappa shape index (κ2) is 4.78. The van der Waals surface area contributed by atoms with Gasteiger partial charge in [0.15, 0.2) is 0 Å². The average molecular weight is 287 g/mol. The van der Waals surface area contributed by atoms with Crippen molar-refractivity contribution in [3.8, 4) is 0 Å². The van der Waals surface area contributed by atoms with Crippen molar-refractivity contribution in [2.75, 3.05) is 13.6 Å². The number of carbonyl (C=O) groups is 1. The number of fused-ring (bicyclic) bond motifs is 2. The molecule has 1 N–H and O–H groups in total. The third-order valence-electron chi connectivity index (χ3n) is 3.74. The lowest BCUT2D eigenvalue weighted by Crippen LogP contribution is -2.29. The van der Waals surface area contributed by atoms with E-state index >= 15 is 0 Å². The van der Waals surface area contributed by atoms with Crippen LogP contribution in [0.25, 0.3) is 10.9 Å². The summed E-state index contributed by atoms with van der Waals surface area (Å²) < 4.78 is 0. The second-order valence-corrected chi connectivity index (χ2v) is 5.16. The summed E-state index contributed by atoms with van der Waals surface area (Å²) in [6, 6.07) is 4.15. The second-order valence-electron chi connectivity index (χ2n) is 5.16. The normalized spacial score (nSPS) is 14.9. The number of carboxylic acids is 1. The van der Waals surface area contributed by atoms with Gasteiger partial charge in [0.05, 0.1) is 16.0 Å². The molecular weight excluding hydrogens is 274 g/mol. The Bertz CT molecular complexity index is 772. The number of non-ortho nitro benzene ring substituents is 1. The van der Waals surface area contributed by atoms with E-state index in [4.69, 9.17) is 0 Å². The number of nitro benzene ring substituents is 1. The van der Waals surface area contributed by atoms with Gasteiger partial charge in [-0.1, -0.05) is 0 Å². The van der Waals surface area contributed by atoms with Crippen LogP contribution in [0, 0.1) is 10.1 Å². The summed E-state index contributed by atoms with van der Waals surface area (Å²) in [7, 11) is 1.91. The molecule has 0 atom stereocenters. The lowest BCUT2D eigenvalue weighted by Gasteiger charge is -2.26. The fraction of sp³-hybridized carbons (Fsp3) is 0.286. The highest BCUT2D eigenvalue weighted by atomic mass is 16.6. The fourth-order valence-electron chi connectivity index (χ4n) is 2.72. The Morgan fingerprint density at radius 2 is 2.24 bits per heavy atom. The summed E-state index contributed by atoms with van der Waals surface area (Å²) in [5, 5.41) is 20.8. The molecule has 21 heavy (non-hydrogen) atoms. The predicted molar refractivity (Wildman–Crippen MR) is 75.4 cm³/mol. The Balaban J connectivity index is 2.35. The highest BCUT2D eigenvalue weighted by Gasteiger charge is 2.25. The van der Waals surface area contributed by atoms with Crippen LogP contribution in [0.3, 0.4) is 0 Å². The van der Waals surface area contributed by atoms with Gasteiger partial charge in [0.25, 0.3) is 5.69 Å². The Hall–Kier alpha value is -2.54. The molecule has 108 valence electrons. The number of pyridine rings is 1. The number of nitrogens with zero attached hydrogens (tertiary/aromatic N) is 3. The number of aromatic carboxylic acids is 1. The Labute approximate surface area is 120 Å². The van der Waals surface area contributed by atoms with Crippen molar-refractivity contribution in [3.63, 3.8) is 0 Å². The maximum atomic E-state index is 11.7. The van der Waals surface area contributed by atoms with Crippen LogP contribution in [0.2, 0.25) is 0 Å². The lowest BCUT2D eigenvalue weighted by molar-refractivity contribution is -0.384. The van der Waals surface area contributed by atoms with Gasteiger partial charge in [-0.15, -0.1) is 0 Å². The van der Waals surface area contributed by atoms with Crippen molar-refractivity contribution in [3.05, 3.63) is 45.1 Å². The first-order chi connectivity index (χ1) is 9.97. The lowest BCUT2D eigenvalue weighted by atomic mass is 9.96. The summed E-state index contributed by atoms with van der Waals surface area (Å²) in [6.07, 6.45) is 0.680. The molecule has 0 saturated carbocycles. The van der Waals surface area contributed by atoms with Crippen LogP contribution in [0.15, 0.2) is 18.2 Å². The summed E-state index contributed by atoms with van der Waals surface area (Å²) >= 11 is 0. The molecule has 0 amide bonds. The summed E-state index contributed by atoms with van der Waals surface area (Å²) in [5.41, 5.74) is 1.92. The van der Waals surface area contributed by atoms with Crippen LogP contribution in [0.4, 0.5) is 5.69 Å². The first-order valence-electron chi connectivity index (χ1n) is 6.49. The first kappa shape index (κ1) is 13.4. The molecule has 1 aromatic carbocycles. The third kappa shape index (κ3) is 2.21. The standard InChI is InChI=1S/C14H13N3O4/c1-16-5-4-12-10(7-16)13(14(18)19)9-6-8(17(20)21)2-3-11(9)15-12/h2-3,6H,4-5,7H2,1H3,(H,18,19). The highest BCUT2D eigenvalue weighted by molar-refractivity contribution is 6.04. The minimum absolute atomic E-state index is 0.129. The number of aromatic nitrogens is 1. The van der Waals surface area contributed by atoms with Crippen LogP contribution in [0.1, 0.15) is 21.6 Å². The molecule has 2 heterocycles. The first-order valence-corrected chi connectivity index (χ1v) is 6.49. The van der Waals surface area contributed by atoms with Gasteiger partial charge in [0.1, 0.15) is 0 Å². The van der Waals surface area contributed by atoms with Gasteiger partial charge in [-0.25, -0.2) is 4.79 Å². The van der Waals surface area contributed by atoms with E-state index in [9.17, 15) is 20.0 Å². The van der Waals surface area contributed by atoms with E-state index in [0.717, 1.165) is 12.2 Å². The van der Waals surface area contributed by atoms with Gasteiger partial charge in [0, 0.05) is 48.3 Å². The van der Waals surface area contributed by atoms with E-state index in [1.165, 1.54) is 18.2 Å². The molecular formula is C14H13N3O4. The summed E-state index contributed by atoms with van der Waals surface area (Å²) in [6.45, 7) is 1.31. The van der Waals surface area contributed by atoms with E-state index in [0.29, 0.717) is 29.4 Å². The molecule has 0 spiro atoms. The highest BCUT2D eigenvalue weighted by Crippen LogP contribution is 2.30. The molecule has 3 rings (SSSR count). The zero-order valence-corrected chi connectivity index (χ0v) is 11.4. The SMILES string of the molecule is CN1CCc2nc3ccc([N+](=O)[O-])cc3c(C(=O)O)c2C1. The molecule has 1 aromatic heterocycles. The van der Waals surface area contributed by atoms with Gasteiger partial charge < -0.3 is 10.0 Å². The van der Waals surface area contributed by atoms with Crippen molar-refractivity contribution < 1.29 is 14.8 Å². The molecule has 1 aliphatic rings. The van der Waals surface area contributed by atoms with Crippen LogP contribution < -0.4 is 0 Å². The Morgan fingerprint density at radius 1 is 1.48 bits per heavy atom. The van der Waals surface area contributed by atoms with Crippen LogP contribution in [0.5, 0.6) is 0 Å². The summed E-state index contributed by atoms with van der Waals surface area (Å²) in [5.74, 6) is -1.07. The molecule has 7 heteroatoms. The number of benzene rings is 1. The van der Waals surface area contributed by atoms with Crippen LogP contribution in [-0.4, -0.2) is 39.5 Å². The average Bonchev–Trinajstić information content (AvgIpc) is 2.43. The number of nitro groups is 1. The number of hydrogen-bond acceptors (Lipinski definition) is 5. The van der Waals surface area contributed by atoms with Crippen molar-refractivity contribution in [2.24, 2.45) is 0 Å². The minimum Gasteiger partial charge on any atom is -0.478 e. The molecule has 0 saturated heterocycles. The maximum Gasteiger partial charge on any atom is 0.336 e. The van der Waals surface area contributed by atoms with Crippen molar-refractivity contribution in [2.45, 2.75) is 13.0 Å². The molecule has 0 fully saturated rings. The monoisotopic (exact) mass is 287 g/mol. The van der Waals surface area contributed by atoms with E-state index < -0.39 is 10.9 Å². The van der Waals surface area contributed by atoms with Crippen molar-refractivity contribution >= 4 is 22.6 Å². The van der Waals surface area contributed by atoms with Gasteiger partial charge >= 0.3 is 5.97 Å². The van der Waals surface area contributed by atoms with Crippen LogP contribution >= 0.6 is 0 Å². The smallest absolute Gasteiger partial charge is 0.336 e. The number of carboxylic acid groups (broad SMARTS) is 1. The van der Waals surface area contributed by atoms with E-state index in [1.807, 2.05) is 11.9 Å². The molecule has 1 aliphatic heterocycles. The van der Waals surface area contributed by atoms with Gasteiger partial charge in [-0.2, -0.15) is 0 Å². The van der Waals surface area contributed by atoms with Crippen molar-refractivity contribution in [1.82, 2.24) is 9.88 Å². The quantitative estimate of drug-likeness (QED) is 0.668. The van der Waals surface area contributed by atoms with E-state index in [2.05, 4.69) is 4.98 Å². The zero-order valence-electron chi connectivity index (χ0n) is 11.4. The maximum absolute atomic E-state index is 11.7. The van der Waals surface area contributed by atoms with Gasteiger partial charge in [-0.3, -0.25) is 15.1 Å². The predicted octanol–water partition coefficient (Wildman–Crippen LogP) is 1.83. The molecule has 2 aromatic rings. The minimum atomic E-state index is -1.07. The molecule has 0 unspecified atom stereocenters.